The van der Waals surface area contributed by atoms with Crippen LogP contribution in [0, 0.1) is 6.92 Å². The van der Waals surface area contributed by atoms with Crippen LogP contribution in [-0.2, 0) is 13.1 Å². The van der Waals surface area contributed by atoms with Gasteiger partial charge in [0, 0.05) is 31.2 Å². The summed E-state index contributed by atoms with van der Waals surface area (Å²) in [6, 6.07) is 2.95. The zero-order chi connectivity index (χ0) is 14.7. The van der Waals surface area contributed by atoms with Crippen LogP contribution in [0.4, 0.5) is 0 Å². The van der Waals surface area contributed by atoms with Crippen LogP contribution in [0.25, 0.3) is 0 Å². The first-order valence-electron chi connectivity index (χ1n) is 8.51. The molecule has 2 aliphatic rings. The Balaban J connectivity index is 1.48. The highest BCUT2D eigenvalue weighted by Gasteiger charge is 2.25. The SMILES string of the molecule is Cc1oc(CN2CCC(N3CCCCC3)CC2)cc1CN. The predicted molar refractivity (Wildman–Crippen MR) is 85.1 cm³/mol. The van der Waals surface area contributed by atoms with Crippen LogP contribution in [0.5, 0.6) is 0 Å². The van der Waals surface area contributed by atoms with Crippen molar-refractivity contribution in [2.24, 2.45) is 5.73 Å². The number of nitrogens with two attached hydrogens (primary N) is 1. The van der Waals surface area contributed by atoms with E-state index in [0.29, 0.717) is 6.54 Å². The van der Waals surface area contributed by atoms with Crippen molar-refractivity contribution in [3.8, 4) is 0 Å². The maximum Gasteiger partial charge on any atom is 0.118 e. The van der Waals surface area contributed by atoms with Crippen LogP contribution < -0.4 is 5.73 Å². The van der Waals surface area contributed by atoms with Crippen LogP contribution >= 0.6 is 0 Å². The molecule has 4 nitrogen and oxygen atoms in total. The van der Waals surface area contributed by atoms with Crippen molar-refractivity contribution in [1.29, 1.82) is 0 Å². The Hall–Kier alpha value is -0.840. The molecule has 0 saturated carbocycles. The smallest absolute Gasteiger partial charge is 0.118 e. The normalized spacial score (nSPS) is 22.8. The van der Waals surface area contributed by atoms with Crippen molar-refractivity contribution in [1.82, 2.24) is 9.80 Å². The van der Waals surface area contributed by atoms with E-state index in [2.05, 4.69) is 15.9 Å². The molecule has 3 heterocycles. The van der Waals surface area contributed by atoms with E-state index in [4.69, 9.17) is 10.2 Å². The molecule has 2 N–H and O–H groups in total. The highest BCUT2D eigenvalue weighted by atomic mass is 16.3. The summed E-state index contributed by atoms with van der Waals surface area (Å²) < 4.78 is 5.82. The molecule has 4 heteroatoms. The quantitative estimate of drug-likeness (QED) is 0.926. The van der Waals surface area contributed by atoms with Crippen molar-refractivity contribution in [2.45, 2.75) is 58.2 Å². The summed E-state index contributed by atoms with van der Waals surface area (Å²) in [6.07, 6.45) is 6.84. The van der Waals surface area contributed by atoms with E-state index in [1.54, 1.807) is 0 Å². The Morgan fingerprint density at radius 1 is 1.14 bits per heavy atom. The Labute approximate surface area is 128 Å². The first-order valence-corrected chi connectivity index (χ1v) is 8.51. The lowest BCUT2D eigenvalue weighted by molar-refractivity contribution is 0.0865. The van der Waals surface area contributed by atoms with Crippen molar-refractivity contribution < 1.29 is 4.42 Å². The van der Waals surface area contributed by atoms with Crippen molar-refractivity contribution in [2.75, 3.05) is 26.2 Å². The third-order valence-electron chi connectivity index (χ3n) is 5.14. The third-order valence-corrected chi connectivity index (χ3v) is 5.14. The van der Waals surface area contributed by atoms with Gasteiger partial charge in [-0.2, -0.15) is 0 Å². The summed E-state index contributed by atoms with van der Waals surface area (Å²) in [4.78, 5) is 5.25. The van der Waals surface area contributed by atoms with Crippen molar-refractivity contribution in [3.63, 3.8) is 0 Å². The van der Waals surface area contributed by atoms with Gasteiger partial charge < -0.3 is 15.1 Å². The molecule has 0 radical (unpaired) electrons. The first-order chi connectivity index (χ1) is 10.3. The highest BCUT2D eigenvalue weighted by Crippen LogP contribution is 2.23. The number of aryl methyl sites for hydroxylation is 1. The number of furan rings is 1. The van der Waals surface area contributed by atoms with E-state index in [1.165, 1.54) is 58.3 Å². The molecule has 0 bridgehead atoms. The molecule has 118 valence electrons. The van der Waals surface area contributed by atoms with Crippen LogP contribution in [0.3, 0.4) is 0 Å². The highest BCUT2D eigenvalue weighted by molar-refractivity contribution is 5.20. The molecular formula is C17H29N3O. The number of piperidine rings is 2. The first kappa shape index (κ1) is 15.1. The number of nitrogens with zero attached hydrogens (tertiary/aromatic N) is 2. The fourth-order valence-corrected chi connectivity index (χ4v) is 3.81. The molecule has 1 aromatic rings. The van der Waals surface area contributed by atoms with E-state index in [0.717, 1.165) is 29.7 Å². The van der Waals surface area contributed by atoms with Gasteiger partial charge in [-0.3, -0.25) is 4.90 Å². The Bertz CT molecular complexity index is 443. The van der Waals surface area contributed by atoms with Crippen LogP contribution in [0.2, 0.25) is 0 Å². The maximum atomic E-state index is 5.82. The van der Waals surface area contributed by atoms with Crippen LogP contribution in [0.15, 0.2) is 10.5 Å². The van der Waals surface area contributed by atoms with Crippen LogP contribution in [-0.4, -0.2) is 42.0 Å². The number of hydrogen-bond acceptors (Lipinski definition) is 4. The molecule has 3 rings (SSSR count). The van der Waals surface area contributed by atoms with Gasteiger partial charge in [-0.15, -0.1) is 0 Å². The Morgan fingerprint density at radius 3 is 2.48 bits per heavy atom. The van der Waals surface area contributed by atoms with Crippen molar-refractivity contribution in [3.05, 3.63) is 23.2 Å². The molecule has 0 atom stereocenters. The molecule has 0 spiro atoms. The summed E-state index contributed by atoms with van der Waals surface area (Å²) in [7, 11) is 0. The molecule has 2 fully saturated rings. The molecule has 2 saturated heterocycles. The van der Waals surface area contributed by atoms with Gasteiger partial charge >= 0.3 is 0 Å². The molecule has 0 aromatic carbocycles. The number of hydrogen-bond donors (Lipinski definition) is 1. The molecular weight excluding hydrogens is 262 g/mol. The minimum absolute atomic E-state index is 0.576. The van der Waals surface area contributed by atoms with Gasteiger partial charge in [0.05, 0.1) is 6.54 Å². The van der Waals surface area contributed by atoms with E-state index < -0.39 is 0 Å². The van der Waals surface area contributed by atoms with Gasteiger partial charge in [-0.05, 0) is 51.8 Å². The summed E-state index contributed by atoms with van der Waals surface area (Å²) >= 11 is 0. The zero-order valence-corrected chi connectivity index (χ0v) is 13.3. The minimum atomic E-state index is 0.576. The van der Waals surface area contributed by atoms with Gasteiger partial charge in [0.1, 0.15) is 11.5 Å². The minimum Gasteiger partial charge on any atom is -0.465 e. The lowest BCUT2D eigenvalue weighted by atomic mass is 10.00. The van der Waals surface area contributed by atoms with Gasteiger partial charge in [-0.25, -0.2) is 0 Å². The average Bonchev–Trinajstić information content (AvgIpc) is 2.88. The summed E-state index contributed by atoms with van der Waals surface area (Å²) in [5, 5.41) is 0. The topological polar surface area (TPSA) is 45.6 Å². The second-order valence-corrected chi connectivity index (χ2v) is 6.60. The van der Waals surface area contributed by atoms with Gasteiger partial charge in [-0.1, -0.05) is 6.42 Å². The molecule has 0 amide bonds. The second-order valence-electron chi connectivity index (χ2n) is 6.60. The van der Waals surface area contributed by atoms with Gasteiger partial charge in [0.2, 0.25) is 0 Å². The third kappa shape index (κ3) is 3.68. The largest absolute Gasteiger partial charge is 0.465 e. The fraction of sp³-hybridized carbons (Fsp3) is 0.765. The standard InChI is InChI=1S/C17H29N3O/c1-14-15(12-18)11-17(21-14)13-19-9-5-16(6-10-19)20-7-3-2-4-8-20/h11,16H,2-10,12-13,18H2,1H3. The Morgan fingerprint density at radius 2 is 1.86 bits per heavy atom. The molecule has 0 aliphatic carbocycles. The maximum absolute atomic E-state index is 5.82. The van der Waals surface area contributed by atoms with Crippen LogP contribution in [0.1, 0.15) is 49.2 Å². The number of likely N-dealkylation sites (tertiary alicyclic amines) is 2. The fourth-order valence-electron chi connectivity index (χ4n) is 3.81. The predicted octanol–water partition coefficient (Wildman–Crippen LogP) is 2.50. The number of rotatable bonds is 4. The molecule has 2 aliphatic heterocycles. The average molecular weight is 291 g/mol. The lowest BCUT2D eigenvalue weighted by Crippen LogP contribution is -2.46. The van der Waals surface area contributed by atoms with Crippen molar-refractivity contribution >= 4 is 0 Å². The van der Waals surface area contributed by atoms with E-state index >= 15 is 0 Å². The molecule has 1 aromatic heterocycles. The van der Waals surface area contributed by atoms with E-state index in [9.17, 15) is 0 Å². The molecule has 21 heavy (non-hydrogen) atoms. The van der Waals surface area contributed by atoms with E-state index in [1.807, 2.05) is 6.92 Å². The Kier molecular flexibility index (Phi) is 4.99. The lowest BCUT2D eigenvalue weighted by Gasteiger charge is -2.40. The molecule has 0 unspecified atom stereocenters. The summed E-state index contributed by atoms with van der Waals surface area (Å²) in [6.45, 7) is 8.55. The van der Waals surface area contributed by atoms with E-state index in [-0.39, 0.29) is 0 Å². The zero-order valence-electron chi connectivity index (χ0n) is 13.3. The van der Waals surface area contributed by atoms with Gasteiger partial charge in [0.15, 0.2) is 0 Å². The second kappa shape index (κ2) is 6.95. The van der Waals surface area contributed by atoms with Gasteiger partial charge in [0.25, 0.3) is 0 Å². The summed E-state index contributed by atoms with van der Waals surface area (Å²) in [5.74, 6) is 2.06. The monoisotopic (exact) mass is 291 g/mol. The summed E-state index contributed by atoms with van der Waals surface area (Å²) in [5.41, 5.74) is 6.87.